The summed E-state index contributed by atoms with van der Waals surface area (Å²) in [5, 5.41) is 8.12. The van der Waals surface area contributed by atoms with Crippen LogP contribution in [0.3, 0.4) is 0 Å². The van der Waals surface area contributed by atoms with Crippen LogP contribution in [0.4, 0.5) is 5.95 Å². The van der Waals surface area contributed by atoms with Crippen LogP contribution in [0.5, 0.6) is 0 Å². The van der Waals surface area contributed by atoms with Crippen molar-refractivity contribution < 1.29 is 0 Å². The zero-order chi connectivity index (χ0) is 23.8. The van der Waals surface area contributed by atoms with Gasteiger partial charge in [-0.25, -0.2) is 15.0 Å². The highest BCUT2D eigenvalue weighted by Gasteiger charge is 2.32. The van der Waals surface area contributed by atoms with Crippen LogP contribution < -0.4 is 5.01 Å². The van der Waals surface area contributed by atoms with Crippen molar-refractivity contribution in [2.24, 2.45) is 5.10 Å². The summed E-state index contributed by atoms with van der Waals surface area (Å²) >= 11 is 3.64. The average Bonchev–Trinajstić information content (AvgIpc) is 3.35. The summed E-state index contributed by atoms with van der Waals surface area (Å²) in [6.07, 6.45) is 0.774. The van der Waals surface area contributed by atoms with Gasteiger partial charge in [-0.15, -0.1) is 0 Å². The number of benzene rings is 4. The molecule has 2 heterocycles. The first kappa shape index (κ1) is 21.7. The third-order valence-electron chi connectivity index (χ3n) is 6.37. The van der Waals surface area contributed by atoms with Crippen LogP contribution in [0.1, 0.15) is 29.2 Å². The summed E-state index contributed by atoms with van der Waals surface area (Å²) in [6, 6.07) is 35.4. The molecule has 0 N–H and O–H groups in total. The van der Waals surface area contributed by atoms with Gasteiger partial charge < -0.3 is 0 Å². The SMILES string of the molecule is Cc1ccc(C2=NN(c3nc(-c4ccccc4)c4ccccc4n3)[C@@H](c3cccc(Br)c3)C2)cc1. The largest absolute Gasteiger partial charge is 0.247 e. The molecule has 35 heavy (non-hydrogen) atoms. The van der Waals surface area contributed by atoms with Crippen molar-refractivity contribution in [2.75, 3.05) is 5.01 Å². The first-order valence-corrected chi connectivity index (χ1v) is 12.5. The maximum Gasteiger partial charge on any atom is 0.247 e. The zero-order valence-electron chi connectivity index (χ0n) is 19.3. The minimum atomic E-state index is -0.00594. The Kier molecular flexibility index (Phi) is 5.63. The second-order valence-electron chi connectivity index (χ2n) is 8.79. The van der Waals surface area contributed by atoms with Gasteiger partial charge in [-0.3, -0.25) is 0 Å². The fourth-order valence-corrected chi connectivity index (χ4v) is 4.99. The summed E-state index contributed by atoms with van der Waals surface area (Å²) in [6.45, 7) is 2.10. The van der Waals surface area contributed by atoms with Gasteiger partial charge in [0, 0.05) is 21.8 Å². The lowest BCUT2D eigenvalue weighted by Crippen LogP contribution is -2.21. The lowest BCUT2D eigenvalue weighted by molar-refractivity contribution is 0.688. The van der Waals surface area contributed by atoms with Gasteiger partial charge >= 0.3 is 0 Å². The predicted molar refractivity (Wildman–Crippen MR) is 147 cm³/mol. The maximum absolute atomic E-state index is 5.10. The molecule has 4 nitrogen and oxygen atoms in total. The number of nitrogens with zero attached hydrogens (tertiary/aromatic N) is 4. The molecule has 0 spiro atoms. The van der Waals surface area contributed by atoms with Crippen molar-refractivity contribution in [3.63, 3.8) is 0 Å². The molecule has 5 aromatic rings. The first-order valence-electron chi connectivity index (χ1n) is 11.7. The van der Waals surface area contributed by atoms with E-state index in [9.17, 15) is 0 Å². The fourth-order valence-electron chi connectivity index (χ4n) is 4.57. The molecule has 4 aromatic carbocycles. The van der Waals surface area contributed by atoms with Crippen LogP contribution in [-0.4, -0.2) is 15.7 Å². The van der Waals surface area contributed by atoms with Gasteiger partial charge in [-0.1, -0.05) is 106 Å². The Morgan fingerprint density at radius 2 is 1.54 bits per heavy atom. The summed E-state index contributed by atoms with van der Waals surface area (Å²) in [4.78, 5) is 10.1. The molecule has 1 atom stereocenters. The van der Waals surface area contributed by atoms with Crippen LogP contribution in [-0.2, 0) is 0 Å². The van der Waals surface area contributed by atoms with Crippen LogP contribution in [0.15, 0.2) is 113 Å². The molecule has 0 aliphatic carbocycles. The van der Waals surface area contributed by atoms with Crippen LogP contribution in [0.2, 0.25) is 0 Å². The summed E-state index contributed by atoms with van der Waals surface area (Å²) < 4.78 is 1.04. The van der Waals surface area contributed by atoms with Crippen molar-refractivity contribution in [2.45, 2.75) is 19.4 Å². The van der Waals surface area contributed by atoms with E-state index in [0.29, 0.717) is 5.95 Å². The third-order valence-corrected chi connectivity index (χ3v) is 6.87. The Bertz CT molecular complexity index is 1540. The Hall–Kier alpha value is -3.83. The summed E-state index contributed by atoms with van der Waals surface area (Å²) in [5.74, 6) is 0.606. The average molecular weight is 519 g/mol. The quantitative estimate of drug-likeness (QED) is 0.244. The second-order valence-corrected chi connectivity index (χ2v) is 9.70. The number of rotatable bonds is 4. The van der Waals surface area contributed by atoms with E-state index in [1.165, 1.54) is 11.1 Å². The number of aryl methyl sites for hydroxylation is 1. The standard InChI is InChI=1S/C30H23BrN4/c1-20-14-16-21(17-15-20)27-19-28(23-10-7-11-24(31)18-23)35(34-27)30-32-26-13-6-5-12-25(26)29(33-30)22-8-3-2-4-9-22/h2-18,28H,19H2,1H3/t28-/m1/s1. The minimum absolute atomic E-state index is 0.00594. The number of fused-ring (bicyclic) bond motifs is 1. The van der Waals surface area contributed by atoms with Crippen molar-refractivity contribution in [1.82, 2.24) is 9.97 Å². The number of hydrogen-bond acceptors (Lipinski definition) is 4. The molecule has 170 valence electrons. The van der Waals surface area contributed by atoms with Gasteiger partial charge in [-0.2, -0.15) is 5.10 Å². The highest BCUT2D eigenvalue weighted by atomic mass is 79.9. The lowest BCUT2D eigenvalue weighted by atomic mass is 9.98. The molecule has 0 fully saturated rings. The van der Waals surface area contributed by atoms with E-state index < -0.39 is 0 Å². The molecule has 0 unspecified atom stereocenters. The minimum Gasteiger partial charge on any atom is -0.223 e. The van der Waals surface area contributed by atoms with E-state index in [0.717, 1.165) is 44.3 Å². The number of hydrazone groups is 1. The van der Waals surface area contributed by atoms with E-state index in [1.54, 1.807) is 0 Å². The number of para-hydroxylation sites is 1. The molecule has 0 bridgehead atoms. The van der Waals surface area contributed by atoms with Gasteiger partial charge in [0.2, 0.25) is 5.95 Å². The molecule has 1 aromatic heterocycles. The normalized spacial score (nSPS) is 15.4. The Morgan fingerprint density at radius 1 is 0.771 bits per heavy atom. The lowest BCUT2D eigenvalue weighted by Gasteiger charge is -2.23. The maximum atomic E-state index is 5.10. The van der Waals surface area contributed by atoms with Gasteiger partial charge in [0.15, 0.2) is 0 Å². The molecule has 0 amide bonds. The molecule has 0 saturated carbocycles. The number of anilines is 1. The Labute approximate surface area is 213 Å². The number of hydrogen-bond donors (Lipinski definition) is 0. The Balaban J connectivity index is 1.53. The highest BCUT2D eigenvalue weighted by Crippen LogP contribution is 2.38. The summed E-state index contributed by atoms with van der Waals surface area (Å²) in [5.41, 5.74) is 7.45. The Morgan fingerprint density at radius 3 is 2.34 bits per heavy atom. The van der Waals surface area contributed by atoms with Crippen molar-refractivity contribution in [1.29, 1.82) is 0 Å². The monoisotopic (exact) mass is 518 g/mol. The molecule has 1 aliphatic heterocycles. The molecule has 0 saturated heterocycles. The summed E-state index contributed by atoms with van der Waals surface area (Å²) in [7, 11) is 0. The topological polar surface area (TPSA) is 41.4 Å². The van der Waals surface area contributed by atoms with Crippen LogP contribution in [0, 0.1) is 6.92 Å². The molecular formula is C30H23BrN4. The highest BCUT2D eigenvalue weighted by molar-refractivity contribution is 9.10. The molecule has 1 aliphatic rings. The van der Waals surface area contributed by atoms with Crippen molar-refractivity contribution in [3.05, 3.63) is 124 Å². The fraction of sp³-hybridized carbons (Fsp3) is 0.100. The van der Waals surface area contributed by atoms with Crippen molar-refractivity contribution in [3.8, 4) is 11.3 Å². The van der Waals surface area contributed by atoms with Gasteiger partial charge in [-0.05, 0) is 36.2 Å². The van der Waals surface area contributed by atoms with Gasteiger partial charge in [0.25, 0.3) is 0 Å². The van der Waals surface area contributed by atoms with Gasteiger partial charge in [0.1, 0.15) is 0 Å². The molecular weight excluding hydrogens is 496 g/mol. The zero-order valence-corrected chi connectivity index (χ0v) is 20.9. The third kappa shape index (κ3) is 4.24. The molecule has 5 heteroatoms. The molecule has 6 rings (SSSR count). The van der Waals surface area contributed by atoms with E-state index in [1.807, 2.05) is 47.5 Å². The van der Waals surface area contributed by atoms with Crippen molar-refractivity contribution >= 4 is 38.5 Å². The van der Waals surface area contributed by atoms with Crippen LogP contribution in [0.25, 0.3) is 22.2 Å². The van der Waals surface area contributed by atoms with E-state index in [-0.39, 0.29) is 6.04 Å². The predicted octanol–water partition coefficient (Wildman–Crippen LogP) is 7.72. The van der Waals surface area contributed by atoms with E-state index in [2.05, 4.69) is 83.5 Å². The first-order chi connectivity index (χ1) is 17.2. The molecule has 0 radical (unpaired) electrons. The smallest absolute Gasteiger partial charge is 0.223 e. The number of aromatic nitrogens is 2. The number of halogens is 1. The second kappa shape index (κ2) is 9.08. The van der Waals surface area contributed by atoms with E-state index >= 15 is 0 Å². The van der Waals surface area contributed by atoms with E-state index in [4.69, 9.17) is 15.1 Å². The van der Waals surface area contributed by atoms with Gasteiger partial charge in [0.05, 0.1) is 23.0 Å². The van der Waals surface area contributed by atoms with Crippen LogP contribution >= 0.6 is 15.9 Å².